The lowest BCUT2D eigenvalue weighted by Gasteiger charge is -2.32. The maximum Gasteiger partial charge on any atom is 0.262 e. The lowest BCUT2D eigenvalue weighted by Crippen LogP contribution is -2.30. The van der Waals surface area contributed by atoms with Gasteiger partial charge in [0.15, 0.2) is 6.61 Å². The quantitative estimate of drug-likeness (QED) is 0.839. The third kappa shape index (κ3) is 2.91. The molecule has 3 N–H and O–H groups in total. The normalized spacial score (nSPS) is 24.7. The molecule has 1 aromatic rings. The molecular weight excluding hydrogens is 268 g/mol. The van der Waals surface area contributed by atoms with E-state index in [1.807, 2.05) is 0 Å². The van der Waals surface area contributed by atoms with E-state index in [4.69, 9.17) is 15.2 Å². The molecule has 2 atom stereocenters. The van der Waals surface area contributed by atoms with Gasteiger partial charge in [0.25, 0.3) is 5.91 Å². The molecule has 2 aliphatic rings. The summed E-state index contributed by atoms with van der Waals surface area (Å²) in [5, 5.41) is 2.79. The van der Waals surface area contributed by atoms with Gasteiger partial charge in [0.1, 0.15) is 17.6 Å². The van der Waals surface area contributed by atoms with Crippen LogP contribution in [0.3, 0.4) is 0 Å². The van der Waals surface area contributed by atoms with Crippen molar-refractivity contribution in [2.75, 3.05) is 17.7 Å². The van der Waals surface area contributed by atoms with Gasteiger partial charge in [-0.05, 0) is 31.6 Å². The summed E-state index contributed by atoms with van der Waals surface area (Å²) in [6.07, 6.45) is 6.09. The van der Waals surface area contributed by atoms with Crippen molar-refractivity contribution in [3.63, 3.8) is 0 Å². The third-order valence-corrected chi connectivity index (χ3v) is 4.39. The highest BCUT2D eigenvalue weighted by Crippen LogP contribution is 2.39. The Morgan fingerprint density at radius 3 is 3.00 bits per heavy atom. The number of hydrogen-bond donors (Lipinski definition) is 2. The number of nitrogen functional groups attached to an aromatic ring is 1. The van der Waals surface area contributed by atoms with Crippen LogP contribution in [-0.4, -0.2) is 18.6 Å². The zero-order chi connectivity index (χ0) is 14.8. The van der Waals surface area contributed by atoms with Gasteiger partial charge in [-0.25, -0.2) is 0 Å². The first kappa shape index (κ1) is 14.0. The van der Waals surface area contributed by atoms with Gasteiger partial charge in [0.2, 0.25) is 0 Å². The molecule has 5 heteroatoms. The second kappa shape index (κ2) is 5.84. The zero-order valence-corrected chi connectivity index (χ0v) is 12.4. The van der Waals surface area contributed by atoms with Gasteiger partial charge in [0.05, 0.1) is 11.4 Å². The predicted octanol–water partition coefficient (Wildman–Crippen LogP) is 2.95. The van der Waals surface area contributed by atoms with E-state index in [0.717, 1.165) is 12.8 Å². The van der Waals surface area contributed by atoms with Crippen molar-refractivity contribution >= 4 is 17.3 Å². The van der Waals surface area contributed by atoms with E-state index in [0.29, 0.717) is 28.8 Å². The Labute approximate surface area is 124 Å². The highest BCUT2D eigenvalue weighted by molar-refractivity contribution is 5.96. The Kier molecular flexibility index (Phi) is 3.90. The summed E-state index contributed by atoms with van der Waals surface area (Å²) in [5.41, 5.74) is 7.26. The molecule has 0 radical (unpaired) electrons. The first-order valence-corrected chi connectivity index (χ1v) is 7.70. The number of carbonyl (C=O) groups excluding carboxylic acids is 1. The van der Waals surface area contributed by atoms with Crippen molar-refractivity contribution < 1.29 is 14.3 Å². The summed E-state index contributed by atoms with van der Waals surface area (Å²) in [4.78, 5) is 11.4. The standard InChI is InChI=1S/C16H22N2O3/c1-2-10-5-3-4-6-13(10)21-14-8-12-15(7-11(14)17)20-9-16(19)18-12/h7-8,10,13H,2-6,9,17H2,1H3,(H,18,19). The van der Waals surface area contributed by atoms with Gasteiger partial charge in [-0.2, -0.15) is 0 Å². The van der Waals surface area contributed by atoms with Crippen molar-refractivity contribution in [2.45, 2.75) is 45.1 Å². The number of amides is 1. The van der Waals surface area contributed by atoms with Crippen LogP contribution < -0.4 is 20.5 Å². The molecule has 1 amide bonds. The number of benzene rings is 1. The molecule has 0 aromatic heterocycles. The van der Waals surface area contributed by atoms with Gasteiger partial charge >= 0.3 is 0 Å². The van der Waals surface area contributed by atoms with Crippen LogP contribution in [0.5, 0.6) is 11.5 Å². The first-order valence-electron chi connectivity index (χ1n) is 7.70. The Bertz CT molecular complexity index is 545. The average molecular weight is 290 g/mol. The fourth-order valence-electron chi connectivity index (χ4n) is 3.18. The second-order valence-electron chi connectivity index (χ2n) is 5.83. The Morgan fingerprint density at radius 1 is 1.38 bits per heavy atom. The zero-order valence-electron chi connectivity index (χ0n) is 12.4. The van der Waals surface area contributed by atoms with Crippen molar-refractivity contribution in [1.82, 2.24) is 0 Å². The molecule has 21 heavy (non-hydrogen) atoms. The minimum absolute atomic E-state index is 0.0349. The Balaban J connectivity index is 1.81. The van der Waals surface area contributed by atoms with Crippen molar-refractivity contribution in [3.8, 4) is 11.5 Å². The second-order valence-corrected chi connectivity index (χ2v) is 5.83. The number of nitrogens with one attached hydrogen (secondary N) is 1. The molecule has 1 heterocycles. The number of fused-ring (bicyclic) bond motifs is 1. The number of nitrogens with two attached hydrogens (primary N) is 1. The van der Waals surface area contributed by atoms with E-state index in [2.05, 4.69) is 12.2 Å². The lowest BCUT2D eigenvalue weighted by molar-refractivity contribution is -0.118. The topological polar surface area (TPSA) is 73.6 Å². The van der Waals surface area contributed by atoms with Crippen molar-refractivity contribution in [2.24, 2.45) is 5.92 Å². The third-order valence-electron chi connectivity index (χ3n) is 4.39. The number of rotatable bonds is 3. The fraction of sp³-hybridized carbons (Fsp3) is 0.562. The fourth-order valence-corrected chi connectivity index (χ4v) is 3.18. The van der Waals surface area contributed by atoms with Gasteiger partial charge < -0.3 is 20.5 Å². The number of hydrogen-bond acceptors (Lipinski definition) is 4. The van der Waals surface area contributed by atoms with Crippen LogP contribution in [0.2, 0.25) is 0 Å². The molecule has 1 aliphatic carbocycles. The molecule has 0 spiro atoms. The minimum atomic E-state index is -0.151. The van der Waals surface area contributed by atoms with E-state index in [9.17, 15) is 4.79 Å². The SMILES string of the molecule is CCC1CCCCC1Oc1cc2c(cc1N)OCC(=O)N2. The van der Waals surface area contributed by atoms with E-state index < -0.39 is 0 Å². The van der Waals surface area contributed by atoms with Crippen LogP contribution in [0.4, 0.5) is 11.4 Å². The van der Waals surface area contributed by atoms with Crippen LogP contribution in [0.25, 0.3) is 0 Å². The Morgan fingerprint density at radius 2 is 2.19 bits per heavy atom. The summed E-state index contributed by atoms with van der Waals surface area (Å²) < 4.78 is 11.5. The first-order chi connectivity index (χ1) is 10.2. The maximum atomic E-state index is 11.4. The highest BCUT2D eigenvalue weighted by Gasteiger charge is 2.27. The van der Waals surface area contributed by atoms with E-state index >= 15 is 0 Å². The molecule has 0 saturated heterocycles. The molecule has 2 unspecified atom stereocenters. The summed E-state index contributed by atoms with van der Waals surface area (Å²) in [6, 6.07) is 3.51. The molecular formula is C16H22N2O3. The van der Waals surface area contributed by atoms with Crippen LogP contribution in [-0.2, 0) is 4.79 Å². The molecule has 0 bridgehead atoms. The summed E-state index contributed by atoms with van der Waals surface area (Å²) in [7, 11) is 0. The van der Waals surface area contributed by atoms with E-state index in [-0.39, 0.29) is 18.6 Å². The van der Waals surface area contributed by atoms with Crippen LogP contribution >= 0.6 is 0 Å². The molecule has 1 aromatic carbocycles. The molecule has 1 aliphatic heterocycles. The van der Waals surface area contributed by atoms with Crippen LogP contribution in [0, 0.1) is 5.92 Å². The van der Waals surface area contributed by atoms with E-state index in [1.54, 1.807) is 12.1 Å². The molecule has 114 valence electrons. The van der Waals surface area contributed by atoms with Crippen LogP contribution in [0.1, 0.15) is 39.0 Å². The predicted molar refractivity (Wildman–Crippen MR) is 81.6 cm³/mol. The Hall–Kier alpha value is -1.91. The molecule has 1 fully saturated rings. The number of anilines is 2. The van der Waals surface area contributed by atoms with Gasteiger partial charge in [-0.15, -0.1) is 0 Å². The van der Waals surface area contributed by atoms with E-state index in [1.165, 1.54) is 19.3 Å². The van der Waals surface area contributed by atoms with Gasteiger partial charge in [-0.3, -0.25) is 4.79 Å². The number of carbonyl (C=O) groups is 1. The lowest BCUT2D eigenvalue weighted by atomic mass is 9.85. The molecule has 1 saturated carbocycles. The summed E-state index contributed by atoms with van der Waals surface area (Å²) in [5.74, 6) is 1.68. The van der Waals surface area contributed by atoms with Crippen LogP contribution in [0.15, 0.2) is 12.1 Å². The van der Waals surface area contributed by atoms with Gasteiger partial charge in [-0.1, -0.05) is 13.3 Å². The van der Waals surface area contributed by atoms with Crippen molar-refractivity contribution in [1.29, 1.82) is 0 Å². The van der Waals surface area contributed by atoms with Crippen molar-refractivity contribution in [3.05, 3.63) is 12.1 Å². The molecule has 3 rings (SSSR count). The molecule has 5 nitrogen and oxygen atoms in total. The monoisotopic (exact) mass is 290 g/mol. The summed E-state index contributed by atoms with van der Waals surface area (Å²) >= 11 is 0. The maximum absolute atomic E-state index is 11.4. The number of ether oxygens (including phenoxy) is 2. The highest BCUT2D eigenvalue weighted by atomic mass is 16.5. The largest absolute Gasteiger partial charge is 0.488 e. The smallest absolute Gasteiger partial charge is 0.262 e. The average Bonchev–Trinajstić information content (AvgIpc) is 2.49. The summed E-state index contributed by atoms with van der Waals surface area (Å²) in [6.45, 7) is 2.24. The minimum Gasteiger partial charge on any atom is -0.488 e. The van der Waals surface area contributed by atoms with Gasteiger partial charge in [0, 0.05) is 12.1 Å².